The number of ether oxygens (including phenoxy) is 4. The molecule has 0 spiro atoms. The SMILES string of the molecule is CC(=O)O[C@H]1CC=C(C)C2[C@@H](O)[C@@]3(O)[C@H](/C=C(/C)[C@H](OC(C)=O)C[C@@H](OC(C)=O)[C@]21C)OC(=O)[C@@H]3C. The summed E-state index contributed by atoms with van der Waals surface area (Å²) in [7, 11) is 0. The molecule has 0 aromatic carbocycles. The normalized spacial score (nSPS) is 41.9. The molecule has 0 radical (unpaired) electrons. The van der Waals surface area contributed by atoms with Gasteiger partial charge < -0.3 is 29.2 Å². The van der Waals surface area contributed by atoms with Gasteiger partial charge in [0.1, 0.15) is 23.9 Å². The van der Waals surface area contributed by atoms with Crippen molar-refractivity contribution in [2.75, 3.05) is 0 Å². The third kappa shape index (κ3) is 4.68. The molecular formula is C26H36O10. The number of esters is 4. The third-order valence-electron chi connectivity index (χ3n) is 8.01. The quantitative estimate of drug-likeness (QED) is 0.328. The van der Waals surface area contributed by atoms with Crippen molar-refractivity contribution < 1.29 is 48.3 Å². The molecule has 10 heteroatoms. The minimum Gasteiger partial charge on any atom is -0.462 e. The lowest BCUT2D eigenvalue weighted by molar-refractivity contribution is -0.208. The molecule has 2 N–H and O–H groups in total. The van der Waals surface area contributed by atoms with Crippen LogP contribution in [0.5, 0.6) is 0 Å². The van der Waals surface area contributed by atoms with Crippen molar-refractivity contribution in [1.29, 1.82) is 0 Å². The highest BCUT2D eigenvalue weighted by Crippen LogP contribution is 2.54. The Bertz CT molecular complexity index is 999. The lowest BCUT2D eigenvalue weighted by Crippen LogP contribution is -2.64. The van der Waals surface area contributed by atoms with Crippen molar-refractivity contribution in [1.82, 2.24) is 0 Å². The number of aliphatic hydroxyl groups excluding tert-OH is 1. The van der Waals surface area contributed by atoms with Gasteiger partial charge in [-0.1, -0.05) is 18.6 Å². The first-order chi connectivity index (χ1) is 16.6. The van der Waals surface area contributed by atoms with Crippen molar-refractivity contribution >= 4 is 23.9 Å². The molecule has 1 saturated heterocycles. The second kappa shape index (κ2) is 9.97. The topological polar surface area (TPSA) is 146 Å². The van der Waals surface area contributed by atoms with E-state index in [-0.39, 0.29) is 12.8 Å². The van der Waals surface area contributed by atoms with Gasteiger partial charge in [-0.15, -0.1) is 0 Å². The highest BCUT2D eigenvalue weighted by molar-refractivity contribution is 5.77. The second-order valence-electron chi connectivity index (χ2n) is 10.4. The minimum atomic E-state index is -2.07. The lowest BCUT2D eigenvalue weighted by atomic mass is 9.56. The van der Waals surface area contributed by atoms with Crippen LogP contribution in [-0.4, -0.2) is 70.2 Å². The van der Waals surface area contributed by atoms with E-state index < -0.39 is 77.2 Å². The first-order valence-electron chi connectivity index (χ1n) is 12.1. The number of carbonyl (C=O) groups excluding carboxylic acids is 4. The number of rotatable bonds is 3. The molecule has 0 bridgehead atoms. The Morgan fingerprint density at radius 2 is 1.56 bits per heavy atom. The first-order valence-corrected chi connectivity index (χ1v) is 12.1. The Labute approximate surface area is 210 Å². The fourth-order valence-electron chi connectivity index (χ4n) is 6.05. The van der Waals surface area contributed by atoms with E-state index in [0.29, 0.717) is 11.1 Å². The largest absolute Gasteiger partial charge is 0.462 e. The molecule has 0 amide bonds. The molecule has 1 unspecified atom stereocenters. The Morgan fingerprint density at radius 1 is 1.00 bits per heavy atom. The van der Waals surface area contributed by atoms with Crippen LogP contribution in [0.3, 0.4) is 0 Å². The van der Waals surface area contributed by atoms with Gasteiger partial charge in [0.15, 0.2) is 6.10 Å². The molecule has 3 aliphatic rings. The van der Waals surface area contributed by atoms with Crippen LogP contribution >= 0.6 is 0 Å². The Balaban J connectivity index is 2.33. The summed E-state index contributed by atoms with van der Waals surface area (Å²) in [5.74, 6) is -4.50. The molecule has 1 aliphatic heterocycles. The maximum atomic E-state index is 12.6. The second-order valence-corrected chi connectivity index (χ2v) is 10.4. The molecule has 0 aromatic heterocycles. The highest BCUT2D eigenvalue weighted by atomic mass is 16.6. The summed E-state index contributed by atoms with van der Waals surface area (Å²) in [6.07, 6.45) is -2.07. The van der Waals surface area contributed by atoms with Crippen LogP contribution in [-0.2, 0) is 38.1 Å². The van der Waals surface area contributed by atoms with Crippen molar-refractivity contribution in [2.24, 2.45) is 17.3 Å². The van der Waals surface area contributed by atoms with Crippen LogP contribution in [0.2, 0.25) is 0 Å². The minimum absolute atomic E-state index is 0.0130. The Hall–Kier alpha value is -2.72. The number of hydrogen-bond donors (Lipinski definition) is 2. The van der Waals surface area contributed by atoms with Gasteiger partial charge in [-0.25, -0.2) is 0 Å². The summed E-state index contributed by atoms with van der Waals surface area (Å²) < 4.78 is 22.5. The maximum Gasteiger partial charge on any atom is 0.312 e. The average molecular weight is 509 g/mol. The van der Waals surface area contributed by atoms with E-state index in [1.54, 1.807) is 26.8 Å². The van der Waals surface area contributed by atoms with E-state index in [4.69, 9.17) is 18.9 Å². The van der Waals surface area contributed by atoms with E-state index >= 15 is 0 Å². The van der Waals surface area contributed by atoms with Gasteiger partial charge in [0.05, 0.1) is 17.4 Å². The molecular weight excluding hydrogens is 472 g/mol. The molecule has 10 nitrogen and oxygen atoms in total. The zero-order chi connectivity index (χ0) is 27.2. The van der Waals surface area contributed by atoms with E-state index in [0.717, 1.165) is 0 Å². The van der Waals surface area contributed by atoms with E-state index in [1.807, 2.05) is 0 Å². The van der Waals surface area contributed by atoms with Gasteiger partial charge in [0, 0.05) is 39.5 Å². The number of carbonyl (C=O) groups is 4. The molecule has 36 heavy (non-hydrogen) atoms. The van der Waals surface area contributed by atoms with Crippen molar-refractivity contribution in [3.05, 3.63) is 23.3 Å². The fraction of sp³-hybridized carbons (Fsp3) is 0.692. The van der Waals surface area contributed by atoms with Crippen LogP contribution in [0.15, 0.2) is 23.3 Å². The zero-order valence-corrected chi connectivity index (χ0v) is 21.8. The third-order valence-corrected chi connectivity index (χ3v) is 8.01. The maximum absolute atomic E-state index is 12.6. The van der Waals surface area contributed by atoms with Crippen molar-refractivity contribution in [3.63, 3.8) is 0 Å². The summed E-state index contributed by atoms with van der Waals surface area (Å²) >= 11 is 0. The van der Waals surface area contributed by atoms with Gasteiger partial charge in [0.25, 0.3) is 0 Å². The zero-order valence-electron chi connectivity index (χ0n) is 21.8. The smallest absolute Gasteiger partial charge is 0.312 e. The average Bonchev–Trinajstić information content (AvgIpc) is 2.97. The number of fused-ring (bicyclic) bond motifs is 2. The summed E-state index contributed by atoms with van der Waals surface area (Å²) in [5.41, 5.74) is -2.25. The van der Waals surface area contributed by atoms with Crippen LogP contribution in [0, 0.1) is 17.3 Å². The predicted molar refractivity (Wildman–Crippen MR) is 125 cm³/mol. The molecule has 0 aromatic rings. The van der Waals surface area contributed by atoms with E-state index in [1.165, 1.54) is 33.8 Å². The van der Waals surface area contributed by atoms with Crippen LogP contribution < -0.4 is 0 Å². The Kier molecular flexibility index (Phi) is 7.72. The van der Waals surface area contributed by atoms with Gasteiger partial charge in [0.2, 0.25) is 0 Å². The monoisotopic (exact) mass is 508 g/mol. The summed E-state index contributed by atoms with van der Waals surface area (Å²) in [5, 5.41) is 23.8. The highest BCUT2D eigenvalue weighted by Gasteiger charge is 2.65. The van der Waals surface area contributed by atoms with Gasteiger partial charge in [-0.05, 0) is 32.4 Å². The van der Waals surface area contributed by atoms with Crippen LogP contribution in [0.4, 0.5) is 0 Å². The predicted octanol–water partition coefficient (Wildman–Crippen LogP) is 1.76. The first kappa shape index (κ1) is 27.9. The molecule has 1 fully saturated rings. The fourth-order valence-corrected chi connectivity index (χ4v) is 6.05. The number of aliphatic hydroxyl groups is 2. The van der Waals surface area contributed by atoms with Gasteiger partial charge >= 0.3 is 23.9 Å². The molecule has 200 valence electrons. The molecule has 1 heterocycles. The molecule has 0 saturated carbocycles. The molecule has 3 rings (SSSR count). The van der Waals surface area contributed by atoms with Crippen LogP contribution in [0.1, 0.15) is 61.3 Å². The lowest BCUT2D eigenvalue weighted by Gasteiger charge is -2.54. The number of hydrogen-bond acceptors (Lipinski definition) is 10. The van der Waals surface area contributed by atoms with E-state index in [2.05, 4.69) is 0 Å². The summed E-state index contributed by atoms with van der Waals surface area (Å²) in [4.78, 5) is 49.0. The van der Waals surface area contributed by atoms with Gasteiger partial charge in [-0.3, -0.25) is 19.2 Å². The summed E-state index contributed by atoms with van der Waals surface area (Å²) in [6.45, 7) is 10.3. The van der Waals surface area contributed by atoms with E-state index in [9.17, 15) is 29.4 Å². The summed E-state index contributed by atoms with van der Waals surface area (Å²) in [6, 6.07) is 0. The molecule has 2 aliphatic carbocycles. The van der Waals surface area contributed by atoms with Gasteiger partial charge in [-0.2, -0.15) is 0 Å². The molecule has 9 atom stereocenters. The van der Waals surface area contributed by atoms with Crippen LogP contribution in [0.25, 0.3) is 0 Å². The van der Waals surface area contributed by atoms with Crippen molar-refractivity contribution in [3.8, 4) is 0 Å². The Morgan fingerprint density at radius 3 is 2.11 bits per heavy atom. The standard InChI is InChI=1S/C26H36O10/c1-12-8-9-19(34-16(5)28)25(7)20(35-17(6)29)11-18(33-15(4)27)13(2)10-21-26(32,23(30)22(12)25)14(3)24(31)36-21/h8,10,14,18-23,30,32H,9,11H2,1-7H3/b13-10-/t14-,18+,19-,20+,21-,22?,23+,25+,26-/m0/s1. The van der Waals surface area contributed by atoms with Crippen molar-refractivity contribution in [2.45, 2.75) is 97.4 Å².